The van der Waals surface area contributed by atoms with Crippen LogP contribution in [0, 0.1) is 5.41 Å². The molecule has 1 heterocycles. The Morgan fingerprint density at radius 2 is 1.90 bits per heavy atom. The minimum absolute atomic E-state index is 0.0891. The summed E-state index contributed by atoms with van der Waals surface area (Å²) in [6, 6.07) is 11.2. The van der Waals surface area contributed by atoms with Crippen molar-refractivity contribution in [3.05, 3.63) is 77.2 Å². The SMILES string of the molecule is C=C(Nc1cc(CNC(=C)C2(C)CCCCC2)ccc1Cl)N(C)c1ccc(C(=O)NCC2CCCO2)cc1N. The molecule has 1 atom stereocenters. The Kier molecular flexibility index (Phi) is 9.46. The van der Waals surface area contributed by atoms with Crippen molar-refractivity contribution >= 4 is 34.6 Å². The van der Waals surface area contributed by atoms with Crippen LogP contribution in [0.4, 0.5) is 17.1 Å². The Hall–Kier alpha value is -3.16. The normalized spacial score (nSPS) is 18.3. The first kappa shape index (κ1) is 28.8. The molecule has 2 fully saturated rings. The van der Waals surface area contributed by atoms with Gasteiger partial charge in [0.25, 0.3) is 5.91 Å². The average molecular weight is 552 g/mol. The monoisotopic (exact) mass is 551 g/mol. The standard InChI is InChI=1S/C31H42ClN5O2/c1-21(31(3)14-6-5-7-15-31)34-19-23-10-12-26(32)28(17-23)36-22(2)37(4)29-13-11-24(18-27(29)33)30(38)35-20-25-9-8-16-39-25/h10-13,17-18,25,34,36H,1-2,5-9,14-16,19-20,33H2,3-4H3,(H,35,38). The largest absolute Gasteiger partial charge is 0.397 e. The lowest BCUT2D eigenvalue weighted by atomic mass is 9.73. The Balaban J connectivity index is 1.35. The Morgan fingerprint density at radius 1 is 1.13 bits per heavy atom. The highest BCUT2D eigenvalue weighted by molar-refractivity contribution is 6.33. The number of anilines is 3. The van der Waals surface area contributed by atoms with Gasteiger partial charge in [-0.25, -0.2) is 0 Å². The lowest BCUT2D eigenvalue weighted by Crippen LogP contribution is -2.31. The molecule has 7 nitrogen and oxygen atoms in total. The van der Waals surface area contributed by atoms with E-state index in [1.54, 1.807) is 12.1 Å². The summed E-state index contributed by atoms with van der Waals surface area (Å²) in [6.07, 6.45) is 8.30. The predicted molar refractivity (Wildman–Crippen MR) is 162 cm³/mol. The van der Waals surface area contributed by atoms with Gasteiger partial charge in [0, 0.05) is 43.4 Å². The average Bonchev–Trinajstić information content (AvgIpc) is 3.45. The molecule has 5 N–H and O–H groups in total. The Labute approximate surface area is 237 Å². The number of carbonyl (C=O) groups is 1. The molecule has 8 heteroatoms. The molecule has 1 saturated carbocycles. The summed E-state index contributed by atoms with van der Waals surface area (Å²) in [4.78, 5) is 14.4. The van der Waals surface area contributed by atoms with Gasteiger partial charge in [0.2, 0.25) is 0 Å². The molecule has 2 aromatic rings. The van der Waals surface area contributed by atoms with E-state index in [1.807, 2.05) is 36.2 Å². The number of nitrogen functional groups attached to an aromatic ring is 1. The molecule has 210 valence electrons. The maximum absolute atomic E-state index is 12.6. The molecule has 1 aliphatic carbocycles. The van der Waals surface area contributed by atoms with Crippen LogP contribution in [-0.4, -0.2) is 32.2 Å². The lowest BCUT2D eigenvalue weighted by molar-refractivity contribution is 0.0858. The Bertz CT molecular complexity index is 1200. The van der Waals surface area contributed by atoms with Crippen LogP contribution in [0.2, 0.25) is 5.02 Å². The van der Waals surface area contributed by atoms with Gasteiger partial charge in [-0.15, -0.1) is 0 Å². The van der Waals surface area contributed by atoms with Crippen molar-refractivity contribution < 1.29 is 9.53 Å². The summed E-state index contributed by atoms with van der Waals surface area (Å²) in [5, 5.41) is 10.4. The number of nitrogens with zero attached hydrogens (tertiary/aromatic N) is 1. The lowest BCUT2D eigenvalue weighted by Gasteiger charge is -2.36. The van der Waals surface area contributed by atoms with Crippen LogP contribution < -0.4 is 26.6 Å². The number of hydrogen-bond acceptors (Lipinski definition) is 6. The highest BCUT2D eigenvalue weighted by atomic mass is 35.5. The number of carbonyl (C=O) groups excluding carboxylic acids is 1. The van der Waals surface area contributed by atoms with E-state index in [2.05, 4.69) is 36.0 Å². The van der Waals surface area contributed by atoms with Crippen LogP contribution >= 0.6 is 11.6 Å². The van der Waals surface area contributed by atoms with Crippen LogP contribution in [0.5, 0.6) is 0 Å². The summed E-state index contributed by atoms with van der Waals surface area (Å²) < 4.78 is 5.58. The van der Waals surface area contributed by atoms with E-state index in [0.29, 0.717) is 35.2 Å². The van der Waals surface area contributed by atoms with E-state index < -0.39 is 0 Å². The van der Waals surface area contributed by atoms with Gasteiger partial charge < -0.3 is 31.3 Å². The van der Waals surface area contributed by atoms with E-state index in [1.165, 1.54) is 32.1 Å². The number of halogens is 1. The van der Waals surface area contributed by atoms with E-state index in [4.69, 9.17) is 22.1 Å². The molecule has 0 spiro atoms. The molecule has 1 unspecified atom stereocenters. The van der Waals surface area contributed by atoms with Crippen molar-refractivity contribution in [3.63, 3.8) is 0 Å². The first-order chi connectivity index (χ1) is 18.7. The van der Waals surface area contributed by atoms with Gasteiger partial charge in [-0.05, 0) is 61.6 Å². The number of ether oxygens (including phenoxy) is 1. The van der Waals surface area contributed by atoms with Crippen molar-refractivity contribution in [1.29, 1.82) is 0 Å². The van der Waals surface area contributed by atoms with Crippen molar-refractivity contribution in [1.82, 2.24) is 10.6 Å². The van der Waals surface area contributed by atoms with Gasteiger partial charge >= 0.3 is 0 Å². The molecule has 39 heavy (non-hydrogen) atoms. The molecule has 0 aromatic heterocycles. The smallest absolute Gasteiger partial charge is 0.251 e. The summed E-state index contributed by atoms with van der Waals surface area (Å²) in [6.45, 7) is 12.8. The van der Waals surface area contributed by atoms with Crippen LogP contribution in [0.25, 0.3) is 0 Å². The van der Waals surface area contributed by atoms with Gasteiger partial charge in [0.1, 0.15) is 5.82 Å². The molecule has 2 aromatic carbocycles. The summed E-state index contributed by atoms with van der Waals surface area (Å²) in [5.41, 5.74) is 11.2. The summed E-state index contributed by atoms with van der Waals surface area (Å²) in [7, 11) is 1.87. The highest BCUT2D eigenvalue weighted by Gasteiger charge is 2.29. The van der Waals surface area contributed by atoms with Gasteiger partial charge in [-0.2, -0.15) is 0 Å². The van der Waals surface area contributed by atoms with E-state index in [0.717, 1.165) is 42.1 Å². The van der Waals surface area contributed by atoms with Gasteiger partial charge in [0.15, 0.2) is 0 Å². The molecule has 1 amide bonds. The van der Waals surface area contributed by atoms with Crippen molar-refractivity contribution in [2.24, 2.45) is 5.41 Å². The predicted octanol–water partition coefficient (Wildman–Crippen LogP) is 6.42. The summed E-state index contributed by atoms with van der Waals surface area (Å²) >= 11 is 6.52. The fourth-order valence-corrected chi connectivity index (χ4v) is 5.50. The highest BCUT2D eigenvalue weighted by Crippen LogP contribution is 2.40. The molecular formula is C31H42ClN5O2. The van der Waals surface area contributed by atoms with Crippen LogP contribution in [0.3, 0.4) is 0 Å². The molecule has 1 aliphatic heterocycles. The summed E-state index contributed by atoms with van der Waals surface area (Å²) in [5.74, 6) is 0.434. The minimum atomic E-state index is -0.166. The number of amides is 1. The fraction of sp³-hybridized carbons (Fsp3) is 0.452. The van der Waals surface area contributed by atoms with E-state index >= 15 is 0 Å². The quantitative estimate of drug-likeness (QED) is 0.241. The third-order valence-corrected chi connectivity index (χ3v) is 8.40. The molecule has 0 bridgehead atoms. The topological polar surface area (TPSA) is 91.6 Å². The van der Waals surface area contributed by atoms with Crippen LogP contribution in [-0.2, 0) is 11.3 Å². The molecular weight excluding hydrogens is 510 g/mol. The third kappa shape index (κ3) is 7.28. The minimum Gasteiger partial charge on any atom is -0.397 e. The molecule has 2 aliphatic rings. The first-order valence-corrected chi connectivity index (χ1v) is 14.2. The number of benzene rings is 2. The third-order valence-electron chi connectivity index (χ3n) is 8.07. The second-order valence-electron chi connectivity index (χ2n) is 11.0. The second-order valence-corrected chi connectivity index (χ2v) is 11.4. The van der Waals surface area contributed by atoms with Crippen molar-refractivity contribution in [2.45, 2.75) is 64.5 Å². The number of nitrogens with two attached hydrogens (primary N) is 1. The van der Waals surface area contributed by atoms with E-state index in [-0.39, 0.29) is 17.4 Å². The Morgan fingerprint density at radius 3 is 2.59 bits per heavy atom. The molecule has 4 rings (SSSR count). The van der Waals surface area contributed by atoms with Crippen molar-refractivity contribution in [2.75, 3.05) is 36.1 Å². The van der Waals surface area contributed by atoms with E-state index in [9.17, 15) is 4.79 Å². The number of rotatable bonds is 11. The maximum Gasteiger partial charge on any atom is 0.251 e. The van der Waals surface area contributed by atoms with Crippen molar-refractivity contribution in [3.8, 4) is 0 Å². The van der Waals surface area contributed by atoms with Gasteiger partial charge in [-0.3, -0.25) is 4.79 Å². The van der Waals surface area contributed by atoms with Gasteiger partial charge in [0.05, 0.1) is 28.2 Å². The van der Waals surface area contributed by atoms with Crippen LogP contribution in [0.15, 0.2) is 61.1 Å². The molecule has 1 saturated heterocycles. The number of hydrogen-bond donors (Lipinski definition) is 4. The van der Waals surface area contributed by atoms with Crippen LogP contribution in [0.1, 0.15) is 67.8 Å². The first-order valence-electron chi connectivity index (χ1n) is 13.9. The van der Waals surface area contributed by atoms with Gasteiger partial charge in [-0.1, -0.05) is 57.0 Å². The number of allylic oxidation sites excluding steroid dienone is 1. The number of nitrogens with one attached hydrogen (secondary N) is 3. The zero-order chi connectivity index (χ0) is 28.0. The zero-order valence-corrected chi connectivity index (χ0v) is 24.0. The zero-order valence-electron chi connectivity index (χ0n) is 23.2. The molecule has 0 radical (unpaired) electrons. The second kappa shape index (κ2) is 12.8. The maximum atomic E-state index is 12.6. The fourth-order valence-electron chi connectivity index (χ4n) is 5.33.